The summed E-state index contributed by atoms with van der Waals surface area (Å²) < 4.78 is 10.7. The van der Waals surface area contributed by atoms with Crippen LogP contribution in [0.2, 0.25) is 0 Å². The Morgan fingerprint density at radius 1 is 1.36 bits per heavy atom. The molecule has 2 fully saturated rings. The SMILES string of the molecule is CCOC(=O)C1(C)OC12CCCCC2. The Morgan fingerprint density at radius 2 is 2.00 bits per heavy atom. The van der Waals surface area contributed by atoms with Gasteiger partial charge in [0.1, 0.15) is 5.60 Å². The van der Waals surface area contributed by atoms with Crippen LogP contribution in [-0.4, -0.2) is 23.8 Å². The molecule has 14 heavy (non-hydrogen) atoms. The lowest BCUT2D eigenvalue weighted by atomic mass is 9.81. The van der Waals surface area contributed by atoms with Gasteiger partial charge in [-0.05, 0) is 26.7 Å². The molecular weight excluding hydrogens is 180 g/mol. The first-order chi connectivity index (χ1) is 6.65. The molecule has 3 heteroatoms. The third-order valence-corrected chi connectivity index (χ3v) is 3.55. The van der Waals surface area contributed by atoms with E-state index in [1.165, 1.54) is 19.3 Å². The highest BCUT2D eigenvalue weighted by Crippen LogP contribution is 2.56. The maximum Gasteiger partial charge on any atom is 0.341 e. The van der Waals surface area contributed by atoms with Crippen molar-refractivity contribution >= 4 is 5.97 Å². The number of carbonyl (C=O) groups excluding carboxylic acids is 1. The first kappa shape index (κ1) is 9.97. The van der Waals surface area contributed by atoms with Crippen LogP contribution in [0.4, 0.5) is 0 Å². The van der Waals surface area contributed by atoms with Crippen LogP contribution in [0.5, 0.6) is 0 Å². The molecular formula is C11H18O3. The Hall–Kier alpha value is -0.570. The summed E-state index contributed by atoms with van der Waals surface area (Å²) in [6, 6.07) is 0. The first-order valence-electron chi connectivity index (χ1n) is 5.52. The molecule has 1 atom stereocenters. The molecule has 1 saturated heterocycles. The molecule has 80 valence electrons. The number of hydrogen-bond donors (Lipinski definition) is 0. The highest BCUT2D eigenvalue weighted by Gasteiger charge is 2.71. The number of ether oxygens (including phenoxy) is 2. The van der Waals surface area contributed by atoms with Crippen LogP contribution in [-0.2, 0) is 14.3 Å². The van der Waals surface area contributed by atoms with E-state index in [9.17, 15) is 4.79 Å². The number of hydrogen-bond acceptors (Lipinski definition) is 3. The van der Waals surface area contributed by atoms with Gasteiger partial charge in [-0.1, -0.05) is 19.3 Å². The van der Waals surface area contributed by atoms with Gasteiger partial charge >= 0.3 is 5.97 Å². The third-order valence-electron chi connectivity index (χ3n) is 3.55. The summed E-state index contributed by atoms with van der Waals surface area (Å²) in [4.78, 5) is 11.7. The zero-order chi connectivity index (χ0) is 10.2. The Morgan fingerprint density at radius 3 is 2.57 bits per heavy atom. The fourth-order valence-corrected chi connectivity index (χ4v) is 2.56. The van der Waals surface area contributed by atoms with Gasteiger partial charge in [0.05, 0.1) is 6.61 Å². The molecule has 1 aliphatic heterocycles. The predicted molar refractivity (Wildman–Crippen MR) is 51.9 cm³/mol. The van der Waals surface area contributed by atoms with Gasteiger partial charge in [0, 0.05) is 0 Å². The fourth-order valence-electron chi connectivity index (χ4n) is 2.56. The van der Waals surface area contributed by atoms with E-state index in [2.05, 4.69) is 0 Å². The summed E-state index contributed by atoms with van der Waals surface area (Å²) in [5.74, 6) is -0.179. The van der Waals surface area contributed by atoms with Crippen molar-refractivity contribution in [2.24, 2.45) is 0 Å². The van der Waals surface area contributed by atoms with Crippen molar-refractivity contribution in [2.45, 2.75) is 57.2 Å². The van der Waals surface area contributed by atoms with Crippen LogP contribution in [0.15, 0.2) is 0 Å². The van der Waals surface area contributed by atoms with Crippen molar-refractivity contribution < 1.29 is 14.3 Å². The minimum atomic E-state index is -0.635. The largest absolute Gasteiger partial charge is 0.464 e. The van der Waals surface area contributed by atoms with Crippen molar-refractivity contribution in [1.29, 1.82) is 0 Å². The van der Waals surface area contributed by atoms with Gasteiger partial charge in [0.25, 0.3) is 0 Å². The van der Waals surface area contributed by atoms with Crippen molar-refractivity contribution in [3.8, 4) is 0 Å². The summed E-state index contributed by atoms with van der Waals surface area (Å²) in [7, 11) is 0. The average molecular weight is 198 g/mol. The van der Waals surface area contributed by atoms with Crippen molar-refractivity contribution in [3.63, 3.8) is 0 Å². The first-order valence-corrected chi connectivity index (χ1v) is 5.52. The fraction of sp³-hybridized carbons (Fsp3) is 0.909. The minimum absolute atomic E-state index is 0.169. The molecule has 0 aromatic heterocycles. The maximum absolute atomic E-state index is 11.7. The second kappa shape index (κ2) is 3.23. The van der Waals surface area contributed by atoms with E-state index in [1.54, 1.807) is 0 Å². The Bertz CT molecular complexity index is 243. The Labute approximate surface area is 84.8 Å². The molecule has 0 amide bonds. The van der Waals surface area contributed by atoms with E-state index in [0.717, 1.165) is 12.8 Å². The molecule has 1 heterocycles. The molecule has 0 aromatic carbocycles. The standard InChI is InChI=1S/C11H18O3/c1-3-13-9(12)10(2)11(14-10)7-5-4-6-8-11/h3-8H2,1-2H3. The summed E-state index contributed by atoms with van der Waals surface area (Å²) in [5.41, 5.74) is -0.805. The number of esters is 1. The summed E-state index contributed by atoms with van der Waals surface area (Å²) >= 11 is 0. The second-order valence-electron chi connectivity index (χ2n) is 4.41. The molecule has 1 aliphatic carbocycles. The summed E-state index contributed by atoms with van der Waals surface area (Å²) in [5, 5.41) is 0. The van der Waals surface area contributed by atoms with Gasteiger partial charge in [0.15, 0.2) is 5.60 Å². The summed E-state index contributed by atoms with van der Waals surface area (Å²) in [6.45, 7) is 4.14. The topological polar surface area (TPSA) is 38.8 Å². The zero-order valence-electron chi connectivity index (χ0n) is 8.97. The van der Waals surface area contributed by atoms with Crippen LogP contribution in [0, 0.1) is 0 Å². The van der Waals surface area contributed by atoms with Crippen LogP contribution >= 0.6 is 0 Å². The van der Waals surface area contributed by atoms with E-state index in [-0.39, 0.29) is 11.6 Å². The minimum Gasteiger partial charge on any atom is -0.464 e. The molecule has 0 bridgehead atoms. The van der Waals surface area contributed by atoms with Crippen molar-refractivity contribution in [1.82, 2.24) is 0 Å². The molecule has 2 aliphatic rings. The Balaban J connectivity index is 2.02. The summed E-state index contributed by atoms with van der Waals surface area (Å²) in [6.07, 6.45) is 5.65. The number of carbonyl (C=O) groups is 1. The van der Waals surface area contributed by atoms with Gasteiger partial charge < -0.3 is 9.47 Å². The van der Waals surface area contributed by atoms with Gasteiger partial charge in [-0.3, -0.25) is 0 Å². The van der Waals surface area contributed by atoms with E-state index >= 15 is 0 Å². The number of rotatable bonds is 2. The van der Waals surface area contributed by atoms with Gasteiger partial charge in [-0.2, -0.15) is 0 Å². The zero-order valence-corrected chi connectivity index (χ0v) is 8.97. The maximum atomic E-state index is 11.7. The van der Waals surface area contributed by atoms with Crippen LogP contribution in [0.25, 0.3) is 0 Å². The average Bonchev–Trinajstić information content (AvgIpc) is 2.74. The van der Waals surface area contributed by atoms with Crippen molar-refractivity contribution in [2.75, 3.05) is 6.61 Å². The highest BCUT2D eigenvalue weighted by atomic mass is 16.7. The molecule has 2 rings (SSSR count). The third kappa shape index (κ3) is 1.26. The predicted octanol–water partition coefficient (Wildman–Crippen LogP) is 2.04. The molecule has 1 unspecified atom stereocenters. The molecule has 3 nitrogen and oxygen atoms in total. The number of epoxide rings is 1. The molecule has 0 aromatic rings. The lowest BCUT2D eigenvalue weighted by molar-refractivity contribution is -0.148. The Kier molecular flexibility index (Phi) is 2.30. The van der Waals surface area contributed by atoms with Gasteiger partial charge in [-0.15, -0.1) is 0 Å². The molecule has 0 radical (unpaired) electrons. The van der Waals surface area contributed by atoms with E-state index in [1.807, 2.05) is 13.8 Å². The van der Waals surface area contributed by atoms with Crippen molar-refractivity contribution in [3.05, 3.63) is 0 Å². The smallest absolute Gasteiger partial charge is 0.341 e. The normalized spacial score (nSPS) is 34.1. The lowest BCUT2D eigenvalue weighted by Gasteiger charge is -2.20. The van der Waals surface area contributed by atoms with Gasteiger partial charge in [0.2, 0.25) is 0 Å². The van der Waals surface area contributed by atoms with E-state index in [4.69, 9.17) is 9.47 Å². The molecule has 0 N–H and O–H groups in total. The van der Waals surface area contributed by atoms with Crippen LogP contribution in [0.3, 0.4) is 0 Å². The molecule has 1 spiro atoms. The van der Waals surface area contributed by atoms with E-state index < -0.39 is 5.60 Å². The lowest BCUT2D eigenvalue weighted by Crippen LogP contribution is -2.34. The molecule has 1 saturated carbocycles. The quantitative estimate of drug-likeness (QED) is 0.503. The monoisotopic (exact) mass is 198 g/mol. The van der Waals surface area contributed by atoms with Crippen LogP contribution in [0.1, 0.15) is 46.0 Å². The van der Waals surface area contributed by atoms with Crippen LogP contribution < -0.4 is 0 Å². The second-order valence-corrected chi connectivity index (χ2v) is 4.41. The van der Waals surface area contributed by atoms with Gasteiger partial charge in [-0.25, -0.2) is 4.79 Å². The van der Waals surface area contributed by atoms with E-state index in [0.29, 0.717) is 6.61 Å². The highest BCUT2D eigenvalue weighted by molar-refractivity contribution is 5.84.